The summed E-state index contributed by atoms with van der Waals surface area (Å²) in [6.07, 6.45) is 0.854. The Kier molecular flexibility index (Phi) is 6.61. The lowest BCUT2D eigenvalue weighted by atomic mass is 9.88. The molecule has 1 aliphatic heterocycles. The van der Waals surface area contributed by atoms with Crippen molar-refractivity contribution in [2.24, 2.45) is 5.41 Å². The molecular formula is C25H32N2O3. The van der Waals surface area contributed by atoms with E-state index in [1.807, 2.05) is 51.1 Å². The predicted octanol–water partition coefficient (Wildman–Crippen LogP) is 3.68. The number of nitrogens with one attached hydrogen (secondary N) is 1. The summed E-state index contributed by atoms with van der Waals surface area (Å²) in [7, 11) is 1.61. The highest BCUT2D eigenvalue weighted by Crippen LogP contribution is 2.28. The van der Waals surface area contributed by atoms with E-state index in [0.29, 0.717) is 26.0 Å². The number of ether oxygens (including phenoxy) is 1. The van der Waals surface area contributed by atoms with Crippen LogP contribution in [0.4, 0.5) is 0 Å². The van der Waals surface area contributed by atoms with Gasteiger partial charge in [0.25, 0.3) is 5.91 Å². The smallest absolute Gasteiger partial charge is 0.254 e. The molecule has 1 unspecified atom stereocenters. The van der Waals surface area contributed by atoms with Gasteiger partial charge in [0.1, 0.15) is 0 Å². The Morgan fingerprint density at radius 3 is 2.43 bits per heavy atom. The first-order chi connectivity index (χ1) is 14.2. The summed E-state index contributed by atoms with van der Waals surface area (Å²) in [4.78, 5) is 27.6. The maximum atomic E-state index is 12.9. The number of likely N-dealkylation sites (N-methyl/N-ethyl adjacent to an activating group) is 1. The first kappa shape index (κ1) is 22.0. The van der Waals surface area contributed by atoms with Crippen LogP contribution in [0.15, 0.2) is 54.6 Å². The molecule has 2 aromatic carbocycles. The van der Waals surface area contributed by atoms with Crippen LogP contribution in [-0.2, 0) is 20.7 Å². The average molecular weight is 409 g/mol. The fourth-order valence-electron chi connectivity index (χ4n) is 3.94. The number of amides is 2. The standard InChI is InChI=1S/C25H32N2O3/c1-24(2,3)17-22(28)27-13-14-30-25(18-27,23(29)26-4)16-19-9-8-12-21(15-19)20-10-6-5-7-11-20/h5-12,15H,13-14,16-18H2,1-4H3,(H,26,29). The van der Waals surface area contributed by atoms with Gasteiger partial charge in [-0.05, 0) is 22.1 Å². The largest absolute Gasteiger partial charge is 0.361 e. The molecule has 1 atom stereocenters. The van der Waals surface area contributed by atoms with Gasteiger partial charge in [0.05, 0.1) is 13.2 Å². The highest BCUT2D eigenvalue weighted by Gasteiger charge is 2.44. The highest BCUT2D eigenvalue weighted by molar-refractivity contribution is 5.87. The predicted molar refractivity (Wildman–Crippen MR) is 119 cm³/mol. The van der Waals surface area contributed by atoms with Crippen LogP contribution in [-0.4, -0.2) is 49.1 Å². The van der Waals surface area contributed by atoms with Gasteiger partial charge in [-0.2, -0.15) is 0 Å². The number of morpholine rings is 1. The van der Waals surface area contributed by atoms with Gasteiger partial charge in [0.15, 0.2) is 5.60 Å². The minimum Gasteiger partial charge on any atom is -0.361 e. The van der Waals surface area contributed by atoms with Gasteiger partial charge in [-0.25, -0.2) is 0 Å². The van der Waals surface area contributed by atoms with Crippen molar-refractivity contribution in [3.63, 3.8) is 0 Å². The van der Waals surface area contributed by atoms with Crippen LogP contribution >= 0.6 is 0 Å². The number of nitrogens with zero attached hydrogens (tertiary/aromatic N) is 1. The molecule has 1 heterocycles. The van der Waals surface area contributed by atoms with E-state index >= 15 is 0 Å². The second-order valence-corrected chi connectivity index (χ2v) is 9.22. The van der Waals surface area contributed by atoms with Crippen molar-refractivity contribution in [1.29, 1.82) is 0 Å². The monoisotopic (exact) mass is 408 g/mol. The summed E-state index contributed by atoms with van der Waals surface area (Å²) in [5.74, 6) is -0.127. The van der Waals surface area contributed by atoms with Crippen molar-refractivity contribution >= 4 is 11.8 Å². The molecule has 3 rings (SSSR count). The van der Waals surface area contributed by atoms with E-state index in [0.717, 1.165) is 16.7 Å². The molecule has 0 bridgehead atoms. The van der Waals surface area contributed by atoms with E-state index in [1.54, 1.807) is 11.9 Å². The molecule has 0 spiro atoms. The maximum absolute atomic E-state index is 12.9. The zero-order chi connectivity index (χ0) is 21.8. The number of hydrogen-bond acceptors (Lipinski definition) is 3. The Morgan fingerprint density at radius 2 is 1.77 bits per heavy atom. The third kappa shape index (κ3) is 5.28. The van der Waals surface area contributed by atoms with Crippen LogP contribution in [0.5, 0.6) is 0 Å². The van der Waals surface area contributed by atoms with Gasteiger partial charge in [0.2, 0.25) is 5.91 Å². The van der Waals surface area contributed by atoms with Crippen molar-refractivity contribution in [1.82, 2.24) is 10.2 Å². The lowest BCUT2D eigenvalue weighted by molar-refractivity contribution is -0.166. The summed E-state index contributed by atoms with van der Waals surface area (Å²) >= 11 is 0. The normalized spacial score (nSPS) is 19.4. The average Bonchev–Trinajstić information content (AvgIpc) is 2.73. The summed E-state index contributed by atoms with van der Waals surface area (Å²) in [5.41, 5.74) is 2.03. The molecule has 160 valence electrons. The molecule has 0 radical (unpaired) electrons. The molecular weight excluding hydrogens is 376 g/mol. The van der Waals surface area contributed by atoms with E-state index in [1.165, 1.54) is 0 Å². The number of rotatable bonds is 5. The van der Waals surface area contributed by atoms with Gasteiger partial charge < -0.3 is 15.0 Å². The molecule has 2 aromatic rings. The van der Waals surface area contributed by atoms with Crippen molar-refractivity contribution in [3.05, 3.63) is 60.2 Å². The van der Waals surface area contributed by atoms with Crippen LogP contribution in [0.25, 0.3) is 11.1 Å². The molecule has 5 nitrogen and oxygen atoms in total. The number of carbonyl (C=O) groups is 2. The van der Waals surface area contributed by atoms with Crippen LogP contribution in [0, 0.1) is 5.41 Å². The third-order valence-electron chi connectivity index (χ3n) is 5.38. The highest BCUT2D eigenvalue weighted by atomic mass is 16.5. The number of benzene rings is 2. The van der Waals surface area contributed by atoms with Gasteiger partial charge in [0, 0.05) is 26.4 Å². The van der Waals surface area contributed by atoms with Crippen LogP contribution in [0.3, 0.4) is 0 Å². The number of carbonyl (C=O) groups excluding carboxylic acids is 2. The van der Waals surface area contributed by atoms with Gasteiger partial charge in [-0.15, -0.1) is 0 Å². The van der Waals surface area contributed by atoms with Gasteiger partial charge in [-0.3, -0.25) is 9.59 Å². The molecule has 1 saturated heterocycles. The van der Waals surface area contributed by atoms with Crippen molar-refractivity contribution in [2.75, 3.05) is 26.7 Å². The second kappa shape index (κ2) is 9.00. The molecule has 5 heteroatoms. The third-order valence-corrected chi connectivity index (χ3v) is 5.38. The first-order valence-electron chi connectivity index (χ1n) is 10.5. The molecule has 1 aliphatic rings. The van der Waals surface area contributed by atoms with Crippen LogP contribution in [0.2, 0.25) is 0 Å². The first-order valence-corrected chi connectivity index (χ1v) is 10.5. The SMILES string of the molecule is CNC(=O)C1(Cc2cccc(-c3ccccc3)c2)CN(C(=O)CC(C)(C)C)CCO1. The Hall–Kier alpha value is -2.66. The summed E-state index contributed by atoms with van der Waals surface area (Å²) in [5, 5.41) is 2.75. The van der Waals surface area contributed by atoms with Crippen molar-refractivity contribution < 1.29 is 14.3 Å². The molecule has 30 heavy (non-hydrogen) atoms. The van der Waals surface area contributed by atoms with E-state index < -0.39 is 5.60 Å². The Morgan fingerprint density at radius 1 is 1.07 bits per heavy atom. The van der Waals surface area contributed by atoms with E-state index in [4.69, 9.17) is 4.74 Å². The quantitative estimate of drug-likeness (QED) is 0.821. The Balaban J connectivity index is 1.86. The fourth-order valence-corrected chi connectivity index (χ4v) is 3.94. The summed E-state index contributed by atoms with van der Waals surface area (Å²) in [6.45, 7) is 7.27. The van der Waals surface area contributed by atoms with Gasteiger partial charge in [-0.1, -0.05) is 75.4 Å². The van der Waals surface area contributed by atoms with E-state index in [9.17, 15) is 9.59 Å². The van der Waals surface area contributed by atoms with Crippen molar-refractivity contribution in [2.45, 2.75) is 39.2 Å². The Bertz CT molecular complexity index is 889. The van der Waals surface area contributed by atoms with Crippen molar-refractivity contribution in [3.8, 4) is 11.1 Å². The molecule has 1 N–H and O–H groups in total. The topological polar surface area (TPSA) is 58.6 Å². The fraction of sp³-hybridized carbons (Fsp3) is 0.440. The zero-order valence-electron chi connectivity index (χ0n) is 18.4. The lowest BCUT2D eigenvalue weighted by Gasteiger charge is -2.42. The lowest BCUT2D eigenvalue weighted by Crippen LogP contribution is -2.61. The summed E-state index contributed by atoms with van der Waals surface area (Å²) < 4.78 is 6.07. The molecule has 2 amide bonds. The Labute approximate surface area is 179 Å². The molecule has 0 aliphatic carbocycles. The zero-order valence-corrected chi connectivity index (χ0v) is 18.4. The van der Waals surface area contributed by atoms with Gasteiger partial charge >= 0.3 is 0 Å². The molecule has 0 saturated carbocycles. The van der Waals surface area contributed by atoms with E-state index in [-0.39, 0.29) is 23.8 Å². The second-order valence-electron chi connectivity index (χ2n) is 9.22. The molecule has 1 fully saturated rings. The van der Waals surface area contributed by atoms with E-state index in [2.05, 4.69) is 29.6 Å². The minimum absolute atomic E-state index is 0.0668. The maximum Gasteiger partial charge on any atom is 0.254 e. The summed E-state index contributed by atoms with van der Waals surface area (Å²) in [6, 6.07) is 18.3. The van der Waals surface area contributed by atoms with Crippen LogP contribution in [0.1, 0.15) is 32.8 Å². The number of hydrogen-bond donors (Lipinski definition) is 1. The minimum atomic E-state index is -1.09. The molecule has 0 aromatic heterocycles. The van der Waals surface area contributed by atoms with Crippen LogP contribution < -0.4 is 5.32 Å².